The number of hydrogen-bond acceptors (Lipinski definition) is 7. The summed E-state index contributed by atoms with van der Waals surface area (Å²) in [6, 6.07) is 9.50. The van der Waals surface area contributed by atoms with Gasteiger partial charge in [0.2, 0.25) is 11.2 Å². The van der Waals surface area contributed by atoms with Gasteiger partial charge in [-0.3, -0.25) is 14.5 Å². The van der Waals surface area contributed by atoms with Crippen LogP contribution in [0.25, 0.3) is 0 Å². The summed E-state index contributed by atoms with van der Waals surface area (Å²) >= 11 is 0. The highest BCUT2D eigenvalue weighted by molar-refractivity contribution is 5.77. The number of rotatable bonds is 9. The molecule has 0 saturated carbocycles. The molecule has 1 aromatic carbocycles. The topological polar surface area (TPSA) is 84.2 Å². The maximum atomic E-state index is 12.3. The molecule has 2 aromatic rings. The van der Waals surface area contributed by atoms with Gasteiger partial charge in [-0.25, -0.2) is 0 Å². The van der Waals surface area contributed by atoms with E-state index < -0.39 is 0 Å². The van der Waals surface area contributed by atoms with Crippen molar-refractivity contribution < 1.29 is 18.7 Å². The van der Waals surface area contributed by atoms with Crippen LogP contribution in [-0.2, 0) is 11.3 Å². The molecule has 1 N–H and O–H groups in total. The van der Waals surface area contributed by atoms with Gasteiger partial charge in [0, 0.05) is 44.5 Å². The molecule has 8 heteroatoms. The molecule has 0 atom stereocenters. The number of ether oxygens (including phenoxy) is 2. The SMILES string of the molecule is COc1ccc(N2CCN(Cc3cc(=O)c(OCC(=O)NCC(C)C)co3)CC2)cc1. The van der Waals surface area contributed by atoms with Crippen LogP contribution in [0.1, 0.15) is 19.6 Å². The lowest BCUT2D eigenvalue weighted by atomic mass is 10.2. The molecular formula is C23H31N3O5. The van der Waals surface area contributed by atoms with Crippen molar-refractivity contribution in [1.82, 2.24) is 10.2 Å². The lowest BCUT2D eigenvalue weighted by molar-refractivity contribution is -0.123. The molecule has 0 radical (unpaired) electrons. The average Bonchev–Trinajstić information content (AvgIpc) is 2.78. The quantitative estimate of drug-likeness (QED) is 0.654. The number of hydrogen-bond donors (Lipinski definition) is 1. The zero-order chi connectivity index (χ0) is 22.2. The molecule has 31 heavy (non-hydrogen) atoms. The fourth-order valence-corrected chi connectivity index (χ4v) is 3.32. The van der Waals surface area contributed by atoms with Crippen molar-refractivity contribution in [3.8, 4) is 11.5 Å². The van der Waals surface area contributed by atoms with E-state index in [1.165, 1.54) is 18.0 Å². The number of carbonyl (C=O) groups excluding carboxylic acids is 1. The third-order valence-electron chi connectivity index (χ3n) is 5.11. The summed E-state index contributed by atoms with van der Waals surface area (Å²) < 4.78 is 16.1. The Morgan fingerprint density at radius 1 is 1.16 bits per heavy atom. The Labute approximate surface area is 182 Å². The van der Waals surface area contributed by atoms with Crippen LogP contribution in [0.5, 0.6) is 11.5 Å². The van der Waals surface area contributed by atoms with Gasteiger partial charge in [0.25, 0.3) is 5.91 Å². The van der Waals surface area contributed by atoms with Gasteiger partial charge < -0.3 is 24.1 Å². The van der Waals surface area contributed by atoms with Crippen LogP contribution in [0.4, 0.5) is 5.69 Å². The van der Waals surface area contributed by atoms with Crippen LogP contribution < -0.4 is 25.1 Å². The van der Waals surface area contributed by atoms with E-state index in [1.807, 2.05) is 26.0 Å². The van der Waals surface area contributed by atoms with Crippen LogP contribution >= 0.6 is 0 Å². The number of nitrogens with zero attached hydrogens (tertiary/aromatic N) is 2. The van der Waals surface area contributed by atoms with E-state index in [0.29, 0.717) is 24.8 Å². The van der Waals surface area contributed by atoms with Gasteiger partial charge in [0.05, 0.1) is 13.7 Å². The lowest BCUT2D eigenvalue weighted by Crippen LogP contribution is -2.46. The Morgan fingerprint density at radius 2 is 1.87 bits per heavy atom. The van der Waals surface area contributed by atoms with Crippen molar-refractivity contribution >= 4 is 11.6 Å². The van der Waals surface area contributed by atoms with Crippen LogP contribution in [0, 0.1) is 5.92 Å². The first-order chi connectivity index (χ1) is 14.9. The summed E-state index contributed by atoms with van der Waals surface area (Å²) in [5, 5.41) is 2.74. The molecule has 2 heterocycles. The number of methoxy groups -OCH3 is 1. The van der Waals surface area contributed by atoms with Gasteiger partial charge in [-0.05, 0) is 30.2 Å². The Hall–Kier alpha value is -3.00. The van der Waals surface area contributed by atoms with E-state index in [9.17, 15) is 9.59 Å². The highest BCUT2D eigenvalue weighted by Crippen LogP contribution is 2.21. The number of nitrogens with one attached hydrogen (secondary N) is 1. The predicted octanol–water partition coefficient (Wildman–Crippen LogP) is 2.12. The first-order valence-corrected chi connectivity index (χ1v) is 10.6. The Balaban J connectivity index is 1.47. The smallest absolute Gasteiger partial charge is 0.257 e. The van der Waals surface area contributed by atoms with Crippen LogP contribution in [0.15, 0.2) is 45.8 Å². The van der Waals surface area contributed by atoms with Gasteiger partial charge >= 0.3 is 0 Å². The van der Waals surface area contributed by atoms with Crippen molar-refractivity contribution in [2.45, 2.75) is 20.4 Å². The summed E-state index contributed by atoms with van der Waals surface area (Å²) in [4.78, 5) is 28.6. The fraction of sp³-hybridized carbons (Fsp3) is 0.478. The summed E-state index contributed by atoms with van der Waals surface area (Å²) in [6.45, 7) is 8.45. The third kappa shape index (κ3) is 6.75. The standard InChI is InChI=1S/C23H31N3O5/c1-17(2)13-24-23(28)16-31-22-15-30-20(12-21(22)27)14-25-8-10-26(11-9-25)18-4-6-19(29-3)7-5-18/h4-7,12,15,17H,8-11,13-14,16H2,1-3H3,(H,24,28). The molecule has 8 nitrogen and oxygen atoms in total. The zero-order valence-corrected chi connectivity index (χ0v) is 18.4. The molecule has 168 valence electrons. The molecule has 3 rings (SSSR count). The zero-order valence-electron chi connectivity index (χ0n) is 18.4. The van der Waals surface area contributed by atoms with Crippen molar-refractivity contribution in [2.75, 3.05) is 51.3 Å². The number of benzene rings is 1. The van der Waals surface area contributed by atoms with Crippen LogP contribution in [-0.4, -0.2) is 57.2 Å². The Kier molecular flexibility index (Phi) is 7.94. The average molecular weight is 430 g/mol. The monoisotopic (exact) mass is 429 g/mol. The van der Waals surface area contributed by atoms with Gasteiger partial charge in [0.1, 0.15) is 17.8 Å². The first kappa shape index (κ1) is 22.7. The van der Waals surface area contributed by atoms with Crippen LogP contribution in [0.3, 0.4) is 0 Å². The summed E-state index contributed by atoms with van der Waals surface area (Å²) in [5.41, 5.74) is 0.890. The second-order valence-corrected chi connectivity index (χ2v) is 8.02. The largest absolute Gasteiger partial charge is 0.497 e. The van der Waals surface area contributed by atoms with Crippen molar-refractivity contribution in [2.24, 2.45) is 5.92 Å². The highest BCUT2D eigenvalue weighted by atomic mass is 16.5. The number of piperazine rings is 1. The van der Waals surface area contributed by atoms with Gasteiger partial charge in [-0.2, -0.15) is 0 Å². The van der Waals surface area contributed by atoms with Gasteiger partial charge in [-0.1, -0.05) is 13.8 Å². The van der Waals surface area contributed by atoms with Crippen molar-refractivity contribution in [1.29, 1.82) is 0 Å². The second-order valence-electron chi connectivity index (χ2n) is 8.02. The van der Waals surface area contributed by atoms with E-state index in [4.69, 9.17) is 13.9 Å². The molecule has 0 aliphatic carbocycles. The third-order valence-corrected chi connectivity index (χ3v) is 5.11. The van der Waals surface area contributed by atoms with E-state index in [0.717, 1.165) is 31.9 Å². The molecule has 1 saturated heterocycles. The molecule has 0 spiro atoms. The number of amides is 1. The predicted molar refractivity (Wildman–Crippen MR) is 119 cm³/mol. The normalized spacial score (nSPS) is 14.5. The minimum atomic E-state index is -0.283. The van der Waals surface area contributed by atoms with E-state index in [-0.39, 0.29) is 23.7 Å². The molecule has 0 bridgehead atoms. The first-order valence-electron chi connectivity index (χ1n) is 10.6. The number of anilines is 1. The fourth-order valence-electron chi connectivity index (χ4n) is 3.32. The Bertz CT molecular complexity index is 902. The Morgan fingerprint density at radius 3 is 2.48 bits per heavy atom. The molecule has 1 aromatic heterocycles. The van der Waals surface area contributed by atoms with Gasteiger partial charge in [-0.15, -0.1) is 0 Å². The summed E-state index contributed by atoms with van der Waals surface area (Å²) in [5.74, 6) is 1.58. The van der Waals surface area contributed by atoms with E-state index in [2.05, 4.69) is 27.2 Å². The van der Waals surface area contributed by atoms with Crippen molar-refractivity contribution in [3.05, 3.63) is 52.6 Å². The maximum absolute atomic E-state index is 12.3. The lowest BCUT2D eigenvalue weighted by Gasteiger charge is -2.35. The molecule has 1 aliphatic heterocycles. The maximum Gasteiger partial charge on any atom is 0.257 e. The van der Waals surface area contributed by atoms with E-state index >= 15 is 0 Å². The van der Waals surface area contributed by atoms with E-state index in [1.54, 1.807) is 7.11 Å². The molecule has 1 amide bonds. The molecule has 1 aliphatic rings. The molecule has 0 unspecified atom stereocenters. The minimum Gasteiger partial charge on any atom is -0.497 e. The number of carbonyl (C=O) groups is 1. The van der Waals surface area contributed by atoms with Gasteiger partial charge in [0.15, 0.2) is 6.61 Å². The minimum absolute atomic E-state index is 0.0489. The van der Waals surface area contributed by atoms with Crippen molar-refractivity contribution in [3.63, 3.8) is 0 Å². The second kappa shape index (κ2) is 10.9. The summed E-state index contributed by atoms with van der Waals surface area (Å²) in [6.07, 6.45) is 1.29. The molecular weight excluding hydrogens is 398 g/mol. The van der Waals surface area contributed by atoms with Crippen LogP contribution in [0.2, 0.25) is 0 Å². The summed E-state index contributed by atoms with van der Waals surface area (Å²) in [7, 11) is 1.66. The molecule has 1 fully saturated rings. The highest BCUT2D eigenvalue weighted by Gasteiger charge is 2.19.